The zero-order valence-electron chi connectivity index (χ0n) is 8.87. The Labute approximate surface area is 89.6 Å². The molecule has 0 fully saturated rings. The minimum Gasteiger partial charge on any atom is -0.309 e. The Balaban J connectivity index is 2.44. The van der Waals surface area contributed by atoms with Crippen LogP contribution < -0.4 is 5.32 Å². The summed E-state index contributed by atoms with van der Waals surface area (Å²) < 4.78 is 0. The predicted octanol–water partition coefficient (Wildman–Crippen LogP) is 2.95. The van der Waals surface area contributed by atoms with Crippen molar-refractivity contribution < 1.29 is 0 Å². The first-order chi connectivity index (χ1) is 6.55. The fourth-order valence-corrected chi connectivity index (χ4v) is 1.84. The Morgan fingerprint density at radius 1 is 1.64 bits per heavy atom. The summed E-state index contributed by atoms with van der Waals surface area (Å²) in [5, 5.41) is 16.4. The topological polar surface area (TPSA) is 35.8 Å². The third-order valence-corrected chi connectivity index (χ3v) is 2.90. The molecule has 1 N–H and O–H groups in total. The lowest BCUT2D eigenvalue weighted by Gasteiger charge is -2.19. The molecule has 0 amide bonds. The Morgan fingerprint density at radius 3 is 2.86 bits per heavy atom. The molecule has 14 heavy (non-hydrogen) atoms. The second kappa shape index (κ2) is 4.59. The molecule has 0 bridgehead atoms. The van der Waals surface area contributed by atoms with E-state index in [4.69, 9.17) is 5.26 Å². The second-order valence-electron chi connectivity index (χ2n) is 4.15. The molecule has 0 aromatic carbocycles. The molecule has 1 heterocycles. The third-order valence-electron chi connectivity index (χ3n) is 2.20. The molecule has 1 atom stereocenters. The van der Waals surface area contributed by atoms with Crippen LogP contribution in [0.3, 0.4) is 0 Å². The van der Waals surface area contributed by atoms with Crippen molar-refractivity contribution in [2.45, 2.75) is 26.8 Å². The largest absolute Gasteiger partial charge is 0.309 e. The van der Waals surface area contributed by atoms with Crippen LogP contribution in [0, 0.1) is 16.7 Å². The number of thiophene rings is 1. The third kappa shape index (κ3) is 3.13. The highest BCUT2D eigenvalue weighted by Gasteiger charge is 2.17. The lowest BCUT2D eigenvalue weighted by Crippen LogP contribution is -2.30. The Hall–Kier alpha value is -0.850. The molecule has 0 spiro atoms. The van der Waals surface area contributed by atoms with E-state index in [-0.39, 0.29) is 5.41 Å². The Kier molecular flexibility index (Phi) is 3.68. The quantitative estimate of drug-likeness (QED) is 0.825. The summed E-state index contributed by atoms with van der Waals surface area (Å²) in [6.45, 7) is 6.73. The summed E-state index contributed by atoms with van der Waals surface area (Å²) in [7, 11) is 0. The van der Waals surface area contributed by atoms with E-state index >= 15 is 0 Å². The minimum atomic E-state index is -0.287. The maximum absolute atomic E-state index is 8.85. The summed E-state index contributed by atoms with van der Waals surface area (Å²) >= 11 is 1.70. The number of hydrogen-bond acceptors (Lipinski definition) is 3. The first-order valence-corrected chi connectivity index (χ1v) is 5.66. The van der Waals surface area contributed by atoms with Gasteiger partial charge in [-0.2, -0.15) is 16.6 Å². The molecule has 76 valence electrons. The van der Waals surface area contributed by atoms with E-state index in [1.54, 1.807) is 11.3 Å². The average Bonchev–Trinajstić information content (AvgIpc) is 2.67. The minimum absolute atomic E-state index is 0.287. The highest BCUT2D eigenvalue weighted by molar-refractivity contribution is 7.07. The van der Waals surface area contributed by atoms with E-state index in [1.807, 2.05) is 13.8 Å². The molecular weight excluding hydrogens is 192 g/mol. The van der Waals surface area contributed by atoms with Gasteiger partial charge < -0.3 is 5.32 Å². The van der Waals surface area contributed by atoms with E-state index in [1.165, 1.54) is 5.56 Å². The molecule has 0 saturated heterocycles. The SMILES string of the molecule is CC(NCC(C)(C)C#N)c1ccsc1. The van der Waals surface area contributed by atoms with Crippen molar-refractivity contribution in [2.24, 2.45) is 5.41 Å². The monoisotopic (exact) mass is 208 g/mol. The first-order valence-electron chi connectivity index (χ1n) is 4.72. The van der Waals surface area contributed by atoms with Gasteiger partial charge in [0, 0.05) is 12.6 Å². The van der Waals surface area contributed by atoms with Crippen molar-refractivity contribution in [3.05, 3.63) is 22.4 Å². The molecule has 0 aliphatic heterocycles. The van der Waals surface area contributed by atoms with Gasteiger partial charge in [-0.3, -0.25) is 0 Å². The molecule has 1 rings (SSSR count). The molecule has 2 nitrogen and oxygen atoms in total. The van der Waals surface area contributed by atoms with Crippen LogP contribution in [0.25, 0.3) is 0 Å². The smallest absolute Gasteiger partial charge is 0.0697 e. The van der Waals surface area contributed by atoms with E-state index in [9.17, 15) is 0 Å². The van der Waals surface area contributed by atoms with Crippen molar-refractivity contribution in [1.82, 2.24) is 5.32 Å². The predicted molar refractivity (Wildman–Crippen MR) is 60.1 cm³/mol. The normalized spacial score (nSPS) is 13.6. The fraction of sp³-hybridized carbons (Fsp3) is 0.545. The molecule has 0 aliphatic carbocycles. The van der Waals surface area contributed by atoms with Crippen molar-refractivity contribution in [3.8, 4) is 6.07 Å². The van der Waals surface area contributed by atoms with E-state index in [2.05, 4.69) is 35.1 Å². The van der Waals surface area contributed by atoms with Crippen LogP contribution in [0.15, 0.2) is 16.8 Å². The molecule has 0 aliphatic rings. The van der Waals surface area contributed by atoms with E-state index in [0.29, 0.717) is 6.04 Å². The molecule has 1 aromatic heterocycles. The van der Waals surface area contributed by atoms with Crippen molar-refractivity contribution in [2.75, 3.05) is 6.54 Å². The van der Waals surface area contributed by atoms with Gasteiger partial charge in [-0.1, -0.05) is 0 Å². The van der Waals surface area contributed by atoms with Crippen LogP contribution in [-0.4, -0.2) is 6.54 Å². The number of hydrogen-bond donors (Lipinski definition) is 1. The van der Waals surface area contributed by atoms with Gasteiger partial charge in [-0.15, -0.1) is 0 Å². The van der Waals surface area contributed by atoms with Gasteiger partial charge in [0.15, 0.2) is 0 Å². The van der Waals surface area contributed by atoms with Crippen LogP contribution in [0.1, 0.15) is 32.4 Å². The van der Waals surface area contributed by atoms with Crippen molar-refractivity contribution >= 4 is 11.3 Å². The molecule has 1 aromatic rings. The van der Waals surface area contributed by atoms with Crippen LogP contribution in [0.2, 0.25) is 0 Å². The number of nitrogens with zero attached hydrogens (tertiary/aromatic N) is 1. The second-order valence-corrected chi connectivity index (χ2v) is 4.93. The van der Waals surface area contributed by atoms with Crippen molar-refractivity contribution in [1.29, 1.82) is 5.26 Å². The van der Waals surface area contributed by atoms with Gasteiger partial charge in [0.1, 0.15) is 0 Å². The lowest BCUT2D eigenvalue weighted by molar-refractivity contribution is 0.415. The van der Waals surface area contributed by atoms with Gasteiger partial charge in [-0.05, 0) is 43.2 Å². The molecular formula is C11H16N2S. The van der Waals surface area contributed by atoms with E-state index < -0.39 is 0 Å². The summed E-state index contributed by atoms with van der Waals surface area (Å²) in [4.78, 5) is 0. The lowest BCUT2D eigenvalue weighted by atomic mass is 9.95. The summed E-state index contributed by atoms with van der Waals surface area (Å²) in [6, 6.07) is 4.72. The van der Waals surface area contributed by atoms with Crippen molar-refractivity contribution in [3.63, 3.8) is 0 Å². The molecule has 0 saturated carbocycles. The standard InChI is InChI=1S/C11H16N2S/c1-9(10-4-5-14-6-10)13-8-11(2,3)7-12/h4-6,9,13H,8H2,1-3H3. The maximum atomic E-state index is 8.85. The number of rotatable bonds is 4. The fourth-order valence-electron chi connectivity index (χ4n) is 1.09. The summed E-state index contributed by atoms with van der Waals surface area (Å²) in [5.74, 6) is 0. The maximum Gasteiger partial charge on any atom is 0.0697 e. The Morgan fingerprint density at radius 2 is 2.36 bits per heavy atom. The molecule has 3 heteroatoms. The molecule has 0 radical (unpaired) electrons. The zero-order chi connectivity index (χ0) is 10.6. The van der Waals surface area contributed by atoms with Crippen LogP contribution in [-0.2, 0) is 0 Å². The average molecular weight is 208 g/mol. The highest BCUT2D eigenvalue weighted by Crippen LogP contribution is 2.18. The highest BCUT2D eigenvalue weighted by atomic mass is 32.1. The van der Waals surface area contributed by atoms with Gasteiger partial charge in [-0.25, -0.2) is 0 Å². The Bertz CT molecular complexity index is 309. The van der Waals surface area contributed by atoms with E-state index in [0.717, 1.165) is 6.54 Å². The van der Waals surface area contributed by atoms with Gasteiger partial charge in [0.25, 0.3) is 0 Å². The summed E-state index contributed by atoms with van der Waals surface area (Å²) in [6.07, 6.45) is 0. The van der Waals surface area contributed by atoms with Crippen LogP contribution in [0.4, 0.5) is 0 Å². The zero-order valence-corrected chi connectivity index (χ0v) is 9.69. The number of nitriles is 1. The number of nitrogens with one attached hydrogen (secondary N) is 1. The van der Waals surface area contributed by atoms with Gasteiger partial charge in [0.05, 0.1) is 11.5 Å². The van der Waals surface area contributed by atoms with Crippen LogP contribution in [0.5, 0.6) is 0 Å². The van der Waals surface area contributed by atoms with Crippen LogP contribution >= 0.6 is 11.3 Å². The first kappa shape index (κ1) is 11.2. The van der Waals surface area contributed by atoms with Gasteiger partial charge in [0.2, 0.25) is 0 Å². The summed E-state index contributed by atoms with van der Waals surface area (Å²) in [5.41, 5.74) is 1.01. The van der Waals surface area contributed by atoms with Gasteiger partial charge >= 0.3 is 0 Å². The molecule has 1 unspecified atom stereocenters.